The first-order valence-electron chi connectivity index (χ1n) is 23.6. The van der Waals surface area contributed by atoms with Crippen LogP contribution >= 0.6 is 0 Å². The van der Waals surface area contributed by atoms with Gasteiger partial charge in [0.25, 0.3) is 0 Å². The number of rotatable bonds is 15. The maximum atomic E-state index is 12.3. The molecule has 6 nitrogen and oxygen atoms in total. The molecule has 4 rings (SSSR count). The van der Waals surface area contributed by atoms with Gasteiger partial charge in [-0.3, -0.25) is 4.79 Å². The van der Waals surface area contributed by atoms with Gasteiger partial charge in [-0.15, -0.1) is 0 Å². The van der Waals surface area contributed by atoms with Crippen molar-refractivity contribution in [2.75, 3.05) is 0 Å². The highest BCUT2D eigenvalue weighted by molar-refractivity contribution is 5.69. The summed E-state index contributed by atoms with van der Waals surface area (Å²) in [5, 5.41) is 18.2. The molecule has 1 saturated carbocycles. The summed E-state index contributed by atoms with van der Waals surface area (Å²) in [6.45, 7) is 37.5. The molecule has 3 N–H and O–H groups in total. The van der Waals surface area contributed by atoms with E-state index in [9.17, 15) is 9.90 Å². The highest BCUT2D eigenvalue weighted by Crippen LogP contribution is 2.45. The Kier molecular flexibility index (Phi) is 17.9. The van der Waals surface area contributed by atoms with Crippen LogP contribution in [0.2, 0.25) is 0 Å². The lowest BCUT2D eigenvalue weighted by molar-refractivity contribution is -0.153. The second-order valence-corrected chi connectivity index (χ2v) is 23.6. The first-order valence-corrected chi connectivity index (χ1v) is 23.6. The number of unbranched alkanes of at least 4 members (excludes halogenated alkanes) is 5. The van der Waals surface area contributed by atoms with Crippen molar-refractivity contribution >= 4 is 5.97 Å². The minimum Gasteiger partial charge on any atom is -0.507 e. The second kappa shape index (κ2) is 20.7. The van der Waals surface area contributed by atoms with Gasteiger partial charge < -0.3 is 25.2 Å². The summed E-state index contributed by atoms with van der Waals surface area (Å²) >= 11 is 0. The number of nitrogens with one attached hydrogen (secondary N) is 2. The van der Waals surface area contributed by atoms with Crippen LogP contribution in [0.5, 0.6) is 5.75 Å². The molecule has 3 aliphatic rings. The third-order valence-electron chi connectivity index (χ3n) is 12.8. The van der Waals surface area contributed by atoms with Crippen LogP contribution in [0, 0.1) is 5.92 Å². The van der Waals surface area contributed by atoms with Gasteiger partial charge in [0.1, 0.15) is 18.0 Å². The Labute approximate surface area is 359 Å². The van der Waals surface area contributed by atoms with E-state index < -0.39 is 0 Å². The summed E-state index contributed by atoms with van der Waals surface area (Å²) in [6, 6.07) is 4.60. The normalized spacial score (nSPS) is 23.4. The largest absolute Gasteiger partial charge is 0.507 e. The molecule has 0 radical (unpaired) electrons. The molecule has 2 saturated heterocycles. The van der Waals surface area contributed by atoms with Crippen LogP contribution in [-0.4, -0.2) is 45.4 Å². The topological polar surface area (TPSA) is 79.8 Å². The number of benzene rings is 1. The quantitative estimate of drug-likeness (QED) is 0.0930. The fraction of sp³-hybridized carbons (Fsp3) is 0.827. The average molecular weight is 811 g/mol. The number of allylic oxidation sites excluding steroid dienone is 1. The van der Waals surface area contributed by atoms with Gasteiger partial charge >= 0.3 is 5.97 Å². The molecule has 0 amide bonds. The van der Waals surface area contributed by atoms with E-state index in [0.717, 1.165) is 74.2 Å². The molecule has 3 fully saturated rings. The van der Waals surface area contributed by atoms with Gasteiger partial charge in [-0.1, -0.05) is 106 Å². The smallest absolute Gasteiger partial charge is 0.306 e. The van der Waals surface area contributed by atoms with Crippen molar-refractivity contribution in [1.82, 2.24) is 10.6 Å². The molecule has 2 heterocycles. The van der Waals surface area contributed by atoms with Gasteiger partial charge in [0, 0.05) is 62.1 Å². The molecule has 1 aromatic rings. The van der Waals surface area contributed by atoms with Gasteiger partial charge in [-0.2, -0.15) is 0 Å². The molecule has 0 aromatic heterocycles. The number of ether oxygens (including phenoxy) is 2. The lowest BCUT2D eigenvalue weighted by Crippen LogP contribution is -2.59. The number of hydrogen-bond donors (Lipinski definition) is 3. The monoisotopic (exact) mass is 811 g/mol. The number of carbonyl (C=O) groups excluding carboxylic acids is 1. The third kappa shape index (κ3) is 17.1. The van der Waals surface area contributed by atoms with Crippen LogP contribution < -0.4 is 10.6 Å². The molecular weight excluding hydrogens is 717 g/mol. The summed E-state index contributed by atoms with van der Waals surface area (Å²) in [5.74, 6) is 3.02. The highest BCUT2D eigenvalue weighted by Gasteiger charge is 2.40. The average Bonchev–Trinajstić information content (AvgIpc) is 3.03. The minimum absolute atomic E-state index is 0. The Morgan fingerprint density at radius 3 is 1.50 bits per heavy atom. The zero-order valence-corrected chi connectivity index (χ0v) is 40.6. The van der Waals surface area contributed by atoms with Gasteiger partial charge in [0.15, 0.2) is 0 Å². The van der Waals surface area contributed by atoms with E-state index in [2.05, 4.69) is 133 Å². The fourth-order valence-corrected chi connectivity index (χ4v) is 10.7. The Hall–Kier alpha value is -2.05. The molecule has 0 atom stereocenters. The predicted octanol–water partition coefficient (Wildman–Crippen LogP) is 14.1. The van der Waals surface area contributed by atoms with Crippen LogP contribution in [0.1, 0.15) is 243 Å². The van der Waals surface area contributed by atoms with Crippen molar-refractivity contribution in [3.8, 4) is 5.75 Å². The van der Waals surface area contributed by atoms with Crippen molar-refractivity contribution in [3.63, 3.8) is 0 Å². The molecule has 2 aliphatic heterocycles. The molecule has 336 valence electrons. The molecule has 1 aliphatic carbocycles. The maximum Gasteiger partial charge on any atom is 0.306 e. The third-order valence-corrected chi connectivity index (χ3v) is 12.8. The van der Waals surface area contributed by atoms with Crippen molar-refractivity contribution < 1.29 is 20.8 Å². The number of hydrogen-bond acceptors (Lipinski definition) is 6. The lowest BCUT2D eigenvalue weighted by Gasteiger charge is -2.46. The lowest BCUT2D eigenvalue weighted by atomic mass is 9.73. The van der Waals surface area contributed by atoms with Crippen LogP contribution in [0.25, 0.3) is 0 Å². The zero-order chi connectivity index (χ0) is 43.7. The number of phenols is 1. The van der Waals surface area contributed by atoms with E-state index in [1.165, 1.54) is 63.4 Å². The molecule has 0 unspecified atom stereocenters. The molecule has 58 heavy (non-hydrogen) atoms. The van der Waals surface area contributed by atoms with Crippen molar-refractivity contribution in [2.24, 2.45) is 5.92 Å². The van der Waals surface area contributed by atoms with E-state index in [4.69, 9.17) is 9.47 Å². The summed E-state index contributed by atoms with van der Waals surface area (Å²) in [4.78, 5) is 12.3. The summed E-state index contributed by atoms with van der Waals surface area (Å²) in [5.41, 5.74) is 3.82. The first-order chi connectivity index (χ1) is 26.6. The van der Waals surface area contributed by atoms with Crippen LogP contribution in [0.4, 0.5) is 0 Å². The number of phenolic OH excluding ortho intramolecular Hbond substituents is 1. The fourth-order valence-electron chi connectivity index (χ4n) is 10.7. The number of aromatic hydroxyl groups is 1. The van der Waals surface area contributed by atoms with Crippen LogP contribution in [-0.2, 0) is 25.1 Å². The Balaban J connectivity index is 0.000000423. The van der Waals surface area contributed by atoms with E-state index in [-0.39, 0.29) is 52.6 Å². The first kappa shape index (κ1) is 50.3. The maximum absolute atomic E-state index is 12.3. The van der Waals surface area contributed by atoms with Gasteiger partial charge in [-0.05, 0) is 133 Å². The molecular formula is C52H94N2O4. The van der Waals surface area contributed by atoms with E-state index in [1.54, 1.807) is 0 Å². The van der Waals surface area contributed by atoms with Crippen LogP contribution in [0.15, 0.2) is 24.5 Å². The predicted molar refractivity (Wildman–Crippen MR) is 249 cm³/mol. The van der Waals surface area contributed by atoms with Gasteiger partial charge in [-0.25, -0.2) is 0 Å². The van der Waals surface area contributed by atoms with Crippen molar-refractivity contribution in [2.45, 2.75) is 271 Å². The zero-order valence-electron chi connectivity index (χ0n) is 40.6. The van der Waals surface area contributed by atoms with Crippen LogP contribution in [0.3, 0.4) is 0 Å². The Bertz CT molecular complexity index is 1330. The summed E-state index contributed by atoms with van der Waals surface area (Å²) in [6.07, 6.45) is 20.3. The molecule has 0 bridgehead atoms. The number of piperidine rings is 2. The summed E-state index contributed by atoms with van der Waals surface area (Å²) < 4.78 is 12.0. The van der Waals surface area contributed by atoms with Crippen molar-refractivity contribution in [3.05, 3.63) is 41.2 Å². The highest BCUT2D eigenvalue weighted by atomic mass is 16.5. The van der Waals surface area contributed by atoms with Crippen molar-refractivity contribution in [1.29, 1.82) is 0 Å². The van der Waals surface area contributed by atoms with E-state index >= 15 is 0 Å². The SMILES string of the molecule is C=C(CCCCCCCCC(=O)OC1CC(C)(C)NC(C)(C)C1)OC1CC(C)(C)NC(C)(C)C1.CCCC1CCC(c2cc(C(C)(C)C)c(O)c(C(C)(C)C)c2)CC1.[HH]. The van der Waals surface area contributed by atoms with E-state index in [1.807, 2.05) is 0 Å². The van der Waals surface area contributed by atoms with Gasteiger partial charge in [0.05, 0.1) is 5.76 Å². The Morgan fingerprint density at radius 2 is 1.09 bits per heavy atom. The molecule has 1 aromatic carbocycles. The molecule has 6 heteroatoms. The van der Waals surface area contributed by atoms with Gasteiger partial charge in [0.2, 0.25) is 0 Å². The molecule has 0 spiro atoms. The standard InChI is InChI=1S/C29H54N2O3.C23H38O.H2/c1-22(33-23-18-26(2,3)30-27(4,5)19-23)16-14-12-10-11-13-15-17-25(32)34-24-20-28(6,7)31-29(8,9)21-24;1-8-9-16-10-12-17(13-11-16)18-14-19(22(2,3)4)21(24)20(15-18)23(5,6)7;/h23-24,30-31H,1,10-21H2,2-9H3;14-17,24H,8-13H2,1-7H3;1H. The number of esters is 1. The number of carbonyl (C=O) groups is 1. The second-order valence-electron chi connectivity index (χ2n) is 23.6. The summed E-state index contributed by atoms with van der Waals surface area (Å²) in [7, 11) is 0. The minimum atomic E-state index is -0.0313. The van der Waals surface area contributed by atoms with E-state index in [0.29, 0.717) is 18.1 Å². The Morgan fingerprint density at radius 1 is 0.690 bits per heavy atom.